The fourth-order valence-electron chi connectivity index (χ4n) is 2.10. The van der Waals surface area contributed by atoms with E-state index in [1.54, 1.807) is 0 Å². The number of hydrogen-bond acceptors (Lipinski definition) is 5. The highest BCUT2D eigenvalue weighted by Crippen LogP contribution is 2.30. The van der Waals surface area contributed by atoms with Gasteiger partial charge in [0.25, 0.3) is 10.0 Å². The van der Waals surface area contributed by atoms with Gasteiger partial charge in [0.2, 0.25) is 5.91 Å². The van der Waals surface area contributed by atoms with Crippen molar-refractivity contribution in [3.63, 3.8) is 0 Å². The van der Waals surface area contributed by atoms with Gasteiger partial charge >= 0.3 is 5.69 Å². The second-order valence-corrected chi connectivity index (χ2v) is 6.85. The van der Waals surface area contributed by atoms with E-state index in [2.05, 4.69) is 0 Å². The molecule has 0 amide bonds. The first-order chi connectivity index (χ1) is 10.4. The average Bonchev–Trinajstić information content (AvgIpc) is 3.29. The molecule has 7 nitrogen and oxygen atoms in total. The molecule has 0 spiro atoms. The maximum atomic E-state index is 12.5. The minimum Gasteiger partial charge on any atom is -0.497 e. The number of carbonyl (C=O) groups excluding carboxylic acids is 1. The van der Waals surface area contributed by atoms with E-state index in [4.69, 9.17) is 4.74 Å². The Hall–Kier alpha value is -2.35. The van der Waals surface area contributed by atoms with Gasteiger partial charge in [-0.2, -0.15) is 3.97 Å². The minimum absolute atomic E-state index is 0.0491. The molecule has 22 heavy (non-hydrogen) atoms. The van der Waals surface area contributed by atoms with Gasteiger partial charge in [-0.05, 0) is 37.1 Å². The first kappa shape index (κ1) is 14.6. The molecule has 0 radical (unpaired) electrons. The number of benzene rings is 1. The molecule has 0 unspecified atom stereocenters. The summed E-state index contributed by atoms with van der Waals surface area (Å²) in [6, 6.07) is 5.68. The Morgan fingerprint density at radius 3 is 2.36 bits per heavy atom. The van der Waals surface area contributed by atoms with Gasteiger partial charge in [0.15, 0.2) is 0 Å². The Morgan fingerprint density at radius 2 is 1.82 bits per heavy atom. The second-order valence-electron chi connectivity index (χ2n) is 5.04. The van der Waals surface area contributed by atoms with Crippen molar-refractivity contribution < 1.29 is 17.9 Å². The maximum Gasteiger partial charge on any atom is 0.349 e. The van der Waals surface area contributed by atoms with Gasteiger partial charge < -0.3 is 4.74 Å². The molecule has 1 fully saturated rings. The average molecular weight is 322 g/mol. The van der Waals surface area contributed by atoms with Gasteiger partial charge in [-0.3, -0.25) is 4.79 Å². The molecule has 8 heteroatoms. The summed E-state index contributed by atoms with van der Waals surface area (Å²) in [4.78, 5) is 24.1. The third kappa shape index (κ3) is 2.35. The smallest absolute Gasteiger partial charge is 0.349 e. The van der Waals surface area contributed by atoms with Crippen LogP contribution in [-0.2, 0) is 10.0 Å². The summed E-state index contributed by atoms with van der Waals surface area (Å²) >= 11 is 0. The molecule has 1 heterocycles. The molecule has 3 rings (SSSR count). The summed E-state index contributed by atoms with van der Waals surface area (Å²) in [6.07, 6.45) is 3.77. The summed E-state index contributed by atoms with van der Waals surface area (Å²) in [5.41, 5.74) is -0.868. The van der Waals surface area contributed by atoms with Crippen molar-refractivity contribution in [2.45, 2.75) is 17.7 Å². The molecule has 1 aliphatic rings. The van der Waals surface area contributed by atoms with Gasteiger partial charge in [0.1, 0.15) is 5.75 Å². The lowest BCUT2D eigenvalue weighted by atomic mass is 10.3. The number of aromatic nitrogens is 2. The quantitative estimate of drug-likeness (QED) is 0.836. The van der Waals surface area contributed by atoms with Gasteiger partial charge in [-0.25, -0.2) is 17.8 Å². The Kier molecular flexibility index (Phi) is 3.40. The third-order valence-electron chi connectivity index (χ3n) is 3.53. The lowest BCUT2D eigenvalue weighted by molar-refractivity contribution is 0.0882. The zero-order valence-electron chi connectivity index (χ0n) is 11.8. The fourth-order valence-corrected chi connectivity index (χ4v) is 3.32. The van der Waals surface area contributed by atoms with Crippen LogP contribution in [0, 0.1) is 5.92 Å². The van der Waals surface area contributed by atoms with Crippen molar-refractivity contribution >= 4 is 15.9 Å². The van der Waals surface area contributed by atoms with Gasteiger partial charge in [0, 0.05) is 18.3 Å². The zero-order valence-corrected chi connectivity index (χ0v) is 12.6. The molecule has 0 aliphatic heterocycles. The van der Waals surface area contributed by atoms with Crippen LogP contribution in [0.1, 0.15) is 17.6 Å². The molecule has 1 saturated carbocycles. The van der Waals surface area contributed by atoms with Gasteiger partial charge in [-0.15, -0.1) is 0 Å². The van der Waals surface area contributed by atoms with Crippen molar-refractivity contribution in [2.75, 3.05) is 7.11 Å². The zero-order chi connectivity index (χ0) is 15.9. The summed E-state index contributed by atoms with van der Waals surface area (Å²) in [6.45, 7) is 0. The molecular weight excluding hydrogens is 308 g/mol. The van der Waals surface area contributed by atoms with Crippen LogP contribution in [0.2, 0.25) is 0 Å². The van der Waals surface area contributed by atoms with E-state index in [1.165, 1.54) is 37.6 Å². The molecule has 0 bridgehead atoms. The van der Waals surface area contributed by atoms with E-state index in [1.807, 2.05) is 0 Å². The second kappa shape index (κ2) is 5.13. The van der Waals surface area contributed by atoms with Gasteiger partial charge in [-0.1, -0.05) is 0 Å². The summed E-state index contributed by atoms with van der Waals surface area (Å²) in [7, 11) is -2.57. The standard InChI is InChI=1S/C14H14N2O5S/c1-21-11-4-6-12(7-5-11)22(19,20)16-9-8-15(14(16)18)13(17)10-2-3-10/h4-10H,2-3H2,1H3. The van der Waals surface area contributed by atoms with Crippen LogP contribution in [0.15, 0.2) is 46.3 Å². The lowest BCUT2D eigenvalue weighted by Gasteiger charge is -2.05. The Bertz CT molecular complexity index is 873. The first-order valence-corrected chi connectivity index (χ1v) is 8.13. The largest absolute Gasteiger partial charge is 0.497 e. The van der Waals surface area contributed by atoms with Crippen LogP contribution in [0.25, 0.3) is 0 Å². The number of hydrogen-bond donors (Lipinski definition) is 0. The van der Waals surface area contributed by atoms with Crippen LogP contribution >= 0.6 is 0 Å². The van der Waals surface area contributed by atoms with Crippen molar-refractivity contribution in [3.05, 3.63) is 47.1 Å². The highest BCUT2D eigenvalue weighted by molar-refractivity contribution is 7.90. The van der Waals surface area contributed by atoms with Crippen LogP contribution in [0.4, 0.5) is 0 Å². The molecule has 2 aromatic rings. The normalized spacial score (nSPS) is 14.8. The van der Waals surface area contributed by atoms with Crippen LogP contribution < -0.4 is 10.4 Å². The van der Waals surface area contributed by atoms with E-state index in [9.17, 15) is 18.0 Å². The SMILES string of the molecule is COc1ccc(S(=O)(=O)n2ccn(C(=O)C3CC3)c2=O)cc1. The molecule has 0 atom stereocenters. The van der Waals surface area contributed by atoms with Crippen molar-refractivity contribution in [3.8, 4) is 5.75 Å². The molecule has 0 saturated heterocycles. The lowest BCUT2D eigenvalue weighted by Crippen LogP contribution is -2.32. The monoisotopic (exact) mass is 322 g/mol. The maximum absolute atomic E-state index is 12.5. The van der Waals surface area contributed by atoms with Crippen LogP contribution in [-0.4, -0.2) is 30.0 Å². The van der Waals surface area contributed by atoms with Gasteiger partial charge in [0.05, 0.1) is 12.0 Å². The first-order valence-electron chi connectivity index (χ1n) is 6.69. The van der Waals surface area contributed by atoms with E-state index >= 15 is 0 Å². The highest BCUT2D eigenvalue weighted by Gasteiger charge is 2.33. The van der Waals surface area contributed by atoms with E-state index in [0.717, 1.165) is 23.6 Å². The van der Waals surface area contributed by atoms with Crippen molar-refractivity contribution in [1.82, 2.24) is 8.54 Å². The Balaban J connectivity index is 2.02. The Morgan fingerprint density at radius 1 is 1.18 bits per heavy atom. The third-order valence-corrected chi connectivity index (χ3v) is 5.19. The topological polar surface area (TPSA) is 87.4 Å². The fraction of sp³-hybridized carbons (Fsp3) is 0.286. The van der Waals surface area contributed by atoms with E-state index < -0.39 is 15.7 Å². The number of carbonyl (C=O) groups is 1. The predicted octanol–water partition coefficient (Wildman–Crippen LogP) is 0.946. The molecule has 1 aromatic heterocycles. The minimum atomic E-state index is -4.04. The Labute approximate surface area is 126 Å². The van der Waals surface area contributed by atoms with Crippen LogP contribution in [0.3, 0.4) is 0 Å². The molecule has 1 aromatic carbocycles. The molecule has 1 aliphatic carbocycles. The van der Waals surface area contributed by atoms with Crippen molar-refractivity contribution in [1.29, 1.82) is 0 Å². The summed E-state index contributed by atoms with van der Waals surface area (Å²) in [5, 5.41) is 0. The highest BCUT2D eigenvalue weighted by atomic mass is 32.2. The number of rotatable bonds is 4. The van der Waals surface area contributed by atoms with Crippen LogP contribution in [0.5, 0.6) is 5.75 Å². The molecular formula is C14H14N2O5S. The number of nitrogens with zero attached hydrogens (tertiary/aromatic N) is 2. The van der Waals surface area contributed by atoms with E-state index in [-0.39, 0.29) is 16.7 Å². The summed E-state index contributed by atoms with van der Waals surface area (Å²) in [5.74, 6) is -0.0151. The van der Waals surface area contributed by atoms with E-state index in [0.29, 0.717) is 9.72 Å². The number of imidazole rings is 1. The van der Waals surface area contributed by atoms with Crippen molar-refractivity contribution in [2.24, 2.45) is 5.92 Å². The number of ether oxygens (including phenoxy) is 1. The predicted molar refractivity (Wildman–Crippen MR) is 77.6 cm³/mol. The summed E-state index contributed by atoms with van der Waals surface area (Å²) < 4.78 is 31.4. The number of methoxy groups -OCH3 is 1. The molecule has 0 N–H and O–H groups in total. The molecule has 116 valence electrons.